The summed E-state index contributed by atoms with van der Waals surface area (Å²) >= 11 is 0. The molecular weight excluding hydrogens is 234 g/mol. The van der Waals surface area contributed by atoms with Gasteiger partial charge in [-0.2, -0.15) is 5.10 Å². The molecule has 0 fully saturated rings. The Bertz CT molecular complexity index is 555. The van der Waals surface area contributed by atoms with Crippen LogP contribution in [0.1, 0.15) is 36.2 Å². The SMILES string of the molecule is CCNCc1cnn(-c2cc(C)ccc2C)c1CC. The van der Waals surface area contributed by atoms with Crippen LogP contribution in [-0.2, 0) is 13.0 Å². The van der Waals surface area contributed by atoms with Crippen LogP contribution in [0.3, 0.4) is 0 Å². The zero-order valence-corrected chi connectivity index (χ0v) is 12.3. The third-order valence-corrected chi connectivity index (χ3v) is 3.45. The number of benzene rings is 1. The van der Waals surface area contributed by atoms with Gasteiger partial charge in [0.25, 0.3) is 0 Å². The molecule has 3 heteroatoms. The number of aryl methyl sites for hydroxylation is 2. The molecule has 1 heterocycles. The van der Waals surface area contributed by atoms with Crippen LogP contribution in [0.5, 0.6) is 0 Å². The maximum absolute atomic E-state index is 4.59. The highest BCUT2D eigenvalue weighted by molar-refractivity contribution is 5.44. The molecule has 1 N–H and O–H groups in total. The van der Waals surface area contributed by atoms with Gasteiger partial charge >= 0.3 is 0 Å². The quantitative estimate of drug-likeness (QED) is 0.891. The molecular formula is C16H23N3. The molecule has 0 spiro atoms. The average Bonchev–Trinajstić information content (AvgIpc) is 2.81. The second kappa shape index (κ2) is 6.02. The lowest BCUT2D eigenvalue weighted by Gasteiger charge is -2.11. The lowest BCUT2D eigenvalue weighted by molar-refractivity contribution is 0.715. The number of hydrogen-bond donors (Lipinski definition) is 1. The second-order valence-corrected chi connectivity index (χ2v) is 4.95. The standard InChI is InChI=1S/C16H23N3/c1-5-15-14(10-17-6-2)11-18-19(15)16-9-12(3)7-8-13(16)4/h7-9,11,17H,5-6,10H2,1-4H3. The van der Waals surface area contributed by atoms with E-state index in [9.17, 15) is 0 Å². The van der Waals surface area contributed by atoms with E-state index >= 15 is 0 Å². The molecule has 1 aromatic carbocycles. The Morgan fingerprint density at radius 3 is 2.68 bits per heavy atom. The van der Waals surface area contributed by atoms with Gasteiger partial charge in [0.05, 0.1) is 11.9 Å². The van der Waals surface area contributed by atoms with E-state index in [2.05, 4.69) is 61.0 Å². The van der Waals surface area contributed by atoms with Gasteiger partial charge in [-0.05, 0) is 44.0 Å². The predicted octanol–water partition coefficient (Wildman–Crippen LogP) is 3.16. The largest absolute Gasteiger partial charge is 0.313 e. The number of rotatable bonds is 5. The lowest BCUT2D eigenvalue weighted by atomic mass is 10.1. The van der Waals surface area contributed by atoms with Crippen LogP contribution in [0.4, 0.5) is 0 Å². The van der Waals surface area contributed by atoms with Crippen molar-refractivity contribution in [1.29, 1.82) is 0 Å². The fraction of sp³-hybridized carbons (Fsp3) is 0.438. The van der Waals surface area contributed by atoms with Crippen molar-refractivity contribution in [2.24, 2.45) is 0 Å². The predicted molar refractivity (Wildman–Crippen MR) is 79.8 cm³/mol. The van der Waals surface area contributed by atoms with Crippen molar-refractivity contribution in [3.8, 4) is 5.69 Å². The Balaban J connectivity index is 2.44. The van der Waals surface area contributed by atoms with Crippen molar-refractivity contribution < 1.29 is 0 Å². The smallest absolute Gasteiger partial charge is 0.0680 e. The summed E-state index contributed by atoms with van der Waals surface area (Å²) in [5, 5.41) is 7.97. The first-order valence-electron chi connectivity index (χ1n) is 7.01. The first-order chi connectivity index (χ1) is 9.17. The maximum Gasteiger partial charge on any atom is 0.0680 e. The summed E-state index contributed by atoms with van der Waals surface area (Å²) in [6.07, 6.45) is 2.98. The Labute approximate surface area is 115 Å². The van der Waals surface area contributed by atoms with Crippen LogP contribution in [0.15, 0.2) is 24.4 Å². The van der Waals surface area contributed by atoms with E-state index in [0.717, 1.165) is 19.5 Å². The van der Waals surface area contributed by atoms with Crippen LogP contribution in [0, 0.1) is 13.8 Å². The minimum absolute atomic E-state index is 0.893. The molecule has 19 heavy (non-hydrogen) atoms. The van der Waals surface area contributed by atoms with E-state index in [-0.39, 0.29) is 0 Å². The highest BCUT2D eigenvalue weighted by atomic mass is 15.3. The summed E-state index contributed by atoms with van der Waals surface area (Å²) in [6.45, 7) is 10.5. The van der Waals surface area contributed by atoms with Crippen molar-refractivity contribution in [1.82, 2.24) is 15.1 Å². The zero-order chi connectivity index (χ0) is 13.8. The van der Waals surface area contributed by atoms with E-state index in [1.54, 1.807) is 0 Å². The average molecular weight is 257 g/mol. The number of nitrogens with zero attached hydrogens (tertiary/aromatic N) is 2. The maximum atomic E-state index is 4.59. The van der Waals surface area contributed by atoms with Gasteiger partial charge in [0.15, 0.2) is 0 Å². The van der Waals surface area contributed by atoms with Crippen LogP contribution in [0.2, 0.25) is 0 Å². The molecule has 0 unspecified atom stereocenters. The van der Waals surface area contributed by atoms with Gasteiger partial charge in [-0.15, -0.1) is 0 Å². The zero-order valence-electron chi connectivity index (χ0n) is 12.3. The van der Waals surface area contributed by atoms with Crippen molar-refractivity contribution in [3.05, 3.63) is 46.8 Å². The fourth-order valence-electron chi connectivity index (χ4n) is 2.35. The van der Waals surface area contributed by atoms with Gasteiger partial charge in [-0.25, -0.2) is 4.68 Å². The van der Waals surface area contributed by atoms with E-state index in [1.807, 2.05) is 6.20 Å². The molecule has 1 aromatic heterocycles. The minimum atomic E-state index is 0.893. The van der Waals surface area contributed by atoms with Gasteiger partial charge in [-0.1, -0.05) is 26.0 Å². The minimum Gasteiger partial charge on any atom is -0.313 e. The lowest BCUT2D eigenvalue weighted by Crippen LogP contribution is -2.13. The Morgan fingerprint density at radius 2 is 2.00 bits per heavy atom. The molecule has 0 aliphatic carbocycles. The number of hydrogen-bond acceptors (Lipinski definition) is 2. The fourth-order valence-corrected chi connectivity index (χ4v) is 2.35. The van der Waals surface area contributed by atoms with Crippen LogP contribution in [-0.4, -0.2) is 16.3 Å². The summed E-state index contributed by atoms with van der Waals surface area (Å²) in [6, 6.07) is 6.52. The number of nitrogens with one attached hydrogen (secondary N) is 1. The highest BCUT2D eigenvalue weighted by Crippen LogP contribution is 2.20. The third kappa shape index (κ3) is 2.87. The molecule has 0 aliphatic rings. The highest BCUT2D eigenvalue weighted by Gasteiger charge is 2.11. The van der Waals surface area contributed by atoms with E-state index in [4.69, 9.17) is 0 Å². The third-order valence-electron chi connectivity index (χ3n) is 3.45. The van der Waals surface area contributed by atoms with Crippen molar-refractivity contribution in [3.63, 3.8) is 0 Å². The topological polar surface area (TPSA) is 29.9 Å². The Hall–Kier alpha value is -1.61. The molecule has 0 amide bonds. The molecule has 0 atom stereocenters. The molecule has 0 aliphatic heterocycles. The molecule has 0 saturated carbocycles. The summed E-state index contributed by atoms with van der Waals surface area (Å²) < 4.78 is 2.09. The van der Waals surface area contributed by atoms with Crippen LogP contribution < -0.4 is 5.32 Å². The van der Waals surface area contributed by atoms with E-state index < -0.39 is 0 Å². The van der Waals surface area contributed by atoms with Gasteiger partial charge < -0.3 is 5.32 Å². The van der Waals surface area contributed by atoms with Crippen LogP contribution >= 0.6 is 0 Å². The van der Waals surface area contributed by atoms with Gasteiger partial charge in [0, 0.05) is 17.8 Å². The molecule has 102 valence electrons. The van der Waals surface area contributed by atoms with Gasteiger partial charge in [-0.3, -0.25) is 0 Å². The first-order valence-corrected chi connectivity index (χ1v) is 7.01. The monoisotopic (exact) mass is 257 g/mol. The molecule has 0 radical (unpaired) electrons. The summed E-state index contributed by atoms with van der Waals surface area (Å²) in [5.41, 5.74) is 6.32. The molecule has 0 saturated heterocycles. The van der Waals surface area contributed by atoms with Gasteiger partial charge in [0.2, 0.25) is 0 Å². The van der Waals surface area contributed by atoms with E-state index in [0.29, 0.717) is 0 Å². The Morgan fingerprint density at radius 1 is 1.21 bits per heavy atom. The van der Waals surface area contributed by atoms with Crippen molar-refractivity contribution in [2.75, 3.05) is 6.54 Å². The summed E-state index contributed by atoms with van der Waals surface area (Å²) in [4.78, 5) is 0. The van der Waals surface area contributed by atoms with E-state index in [1.165, 1.54) is 28.1 Å². The summed E-state index contributed by atoms with van der Waals surface area (Å²) in [7, 11) is 0. The first kappa shape index (κ1) is 13.8. The molecule has 2 rings (SSSR count). The normalized spacial score (nSPS) is 10.9. The summed E-state index contributed by atoms with van der Waals surface area (Å²) in [5.74, 6) is 0. The molecule has 2 aromatic rings. The number of aromatic nitrogens is 2. The Kier molecular flexibility index (Phi) is 4.38. The second-order valence-electron chi connectivity index (χ2n) is 4.95. The van der Waals surface area contributed by atoms with Crippen molar-refractivity contribution in [2.45, 2.75) is 40.7 Å². The molecule has 3 nitrogen and oxygen atoms in total. The van der Waals surface area contributed by atoms with Gasteiger partial charge in [0.1, 0.15) is 0 Å². The van der Waals surface area contributed by atoms with Crippen molar-refractivity contribution >= 4 is 0 Å². The van der Waals surface area contributed by atoms with Crippen LogP contribution in [0.25, 0.3) is 5.69 Å². The molecule has 0 bridgehead atoms.